The third kappa shape index (κ3) is 2.30. The van der Waals surface area contributed by atoms with Gasteiger partial charge in [0.2, 0.25) is 0 Å². The lowest BCUT2D eigenvalue weighted by Crippen LogP contribution is -2.34. The van der Waals surface area contributed by atoms with Crippen LogP contribution in [0.2, 0.25) is 0 Å². The highest BCUT2D eigenvalue weighted by Crippen LogP contribution is 2.33. The monoisotopic (exact) mass is 261 g/mol. The van der Waals surface area contributed by atoms with Gasteiger partial charge >= 0.3 is 0 Å². The predicted octanol–water partition coefficient (Wildman–Crippen LogP) is 3.47. The summed E-state index contributed by atoms with van der Waals surface area (Å²) in [6.45, 7) is 1.03. The van der Waals surface area contributed by atoms with Crippen molar-refractivity contribution in [3.8, 4) is 0 Å². The van der Waals surface area contributed by atoms with Crippen LogP contribution in [-0.4, -0.2) is 17.7 Å². The van der Waals surface area contributed by atoms with E-state index < -0.39 is 0 Å². The highest BCUT2D eigenvalue weighted by molar-refractivity contribution is 7.17. The van der Waals surface area contributed by atoms with Crippen molar-refractivity contribution < 1.29 is 5.11 Å². The zero-order chi connectivity index (χ0) is 12.4. The maximum absolute atomic E-state index is 10.6. The second kappa shape index (κ2) is 5.39. The van der Waals surface area contributed by atoms with E-state index in [0.29, 0.717) is 0 Å². The number of thiophene rings is 1. The van der Waals surface area contributed by atoms with Gasteiger partial charge in [0.05, 0.1) is 6.10 Å². The van der Waals surface area contributed by atoms with Gasteiger partial charge in [-0.1, -0.05) is 31.0 Å². The Morgan fingerprint density at radius 1 is 1.22 bits per heavy atom. The molecule has 0 bridgehead atoms. The summed E-state index contributed by atoms with van der Waals surface area (Å²) in [5.41, 5.74) is 1.09. The van der Waals surface area contributed by atoms with Crippen molar-refractivity contribution in [3.05, 3.63) is 35.2 Å². The van der Waals surface area contributed by atoms with Gasteiger partial charge in [0.15, 0.2) is 0 Å². The Morgan fingerprint density at radius 2 is 2.11 bits per heavy atom. The Hall–Kier alpha value is -0.900. The van der Waals surface area contributed by atoms with Crippen LogP contribution in [0.3, 0.4) is 0 Å². The Morgan fingerprint density at radius 3 is 3.06 bits per heavy atom. The Labute approximate surface area is 112 Å². The zero-order valence-electron chi connectivity index (χ0n) is 10.4. The summed E-state index contributed by atoms with van der Waals surface area (Å²) < 4.78 is 1.26. The lowest BCUT2D eigenvalue weighted by Gasteiger charge is -2.22. The molecule has 2 atom stereocenters. The van der Waals surface area contributed by atoms with Crippen LogP contribution in [0.25, 0.3) is 10.1 Å². The molecular weight excluding hydrogens is 242 g/mol. The fourth-order valence-electron chi connectivity index (χ4n) is 2.77. The highest BCUT2D eigenvalue weighted by atomic mass is 32.1. The standard InChI is InChI=1S/C15H19NOS/c17-15(13-7-2-1-5-9-16-13)12-10-18-14-8-4-3-6-11(12)14/h3-4,6,8,10,13,15-17H,1-2,5,7,9H2. The zero-order valence-corrected chi connectivity index (χ0v) is 11.2. The molecule has 1 aliphatic rings. The van der Waals surface area contributed by atoms with Crippen molar-refractivity contribution in [2.24, 2.45) is 0 Å². The van der Waals surface area contributed by atoms with E-state index in [2.05, 4.69) is 28.9 Å². The number of aliphatic hydroxyl groups is 1. The summed E-state index contributed by atoms with van der Waals surface area (Å²) in [7, 11) is 0. The summed E-state index contributed by atoms with van der Waals surface area (Å²) in [6, 6.07) is 8.55. The maximum Gasteiger partial charge on any atom is 0.0956 e. The van der Waals surface area contributed by atoms with E-state index in [1.165, 1.54) is 29.3 Å². The van der Waals surface area contributed by atoms with Crippen molar-refractivity contribution >= 4 is 21.4 Å². The molecule has 96 valence electrons. The molecule has 1 saturated heterocycles. The number of fused-ring (bicyclic) bond motifs is 1. The Balaban J connectivity index is 1.88. The molecule has 1 aliphatic heterocycles. The molecule has 3 rings (SSSR count). The molecule has 1 fully saturated rings. The first-order valence-corrected chi connectivity index (χ1v) is 7.62. The highest BCUT2D eigenvalue weighted by Gasteiger charge is 2.23. The quantitative estimate of drug-likeness (QED) is 0.867. The van der Waals surface area contributed by atoms with Gasteiger partial charge in [0.1, 0.15) is 0 Å². The number of rotatable bonds is 2. The van der Waals surface area contributed by atoms with Crippen LogP contribution >= 0.6 is 11.3 Å². The van der Waals surface area contributed by atoms with Gasteiger partial charge in [-0.3, -0.25) is 0 Å². The minimum absolute atomic E-state index is 0.213. The SMILES string of the molecule is OC(c1csc2ccccc12)C1CCCCCN1. The molecule has 0 saturated carbocycles. The number of hydrogen-bond donors (Lipinski definition) is 2. The average Bonchev–Trinajstić information content (AvgIpc) is 2.65. The molecule has 2 heterocycles. The molecule has 18 heavy (non-hydrogen) atoms. The Kier molecular flexibility index (Phi) is 3.64. The smallest absolute Gasteiger partial charge is 0.0956 e. The normalized spacial score (nSPS) is 22.8. The van der Waals surface area contributed by atoms with E-state index in [1.54, 1.807) is 11.3 Å². The summed E-state index contributed by atoms with van der Waals surface area (Å²) in [6.07, 6.45) is 4.43. The van der Waals surface area contributed by atoms with Crippen molar-refractivity contribution in [1.82, 2.24) is 5.32 Å². The number of hydrogen-bond acceptors (Lipinski definition) is 3. The molecule has 0 aliphatic carbocycles. The van der Waals surface area contributed by atoms with Crippen LogP contribution in [-0.2, 0) is 0 Å². The van der Waals surface area contributed by atoms with Crippen LogP contribution in [0.15, 0.2) is 29.6 Å². The largest absolute Gasteiger partial charge is 0.387 e. The molecule has 2 unspecified atom stereocenters. The van der Waals surface area contributed by atoms with E-state index in [-0.39, 0.29) is 12.1 Å². The minimum Gasteiger partial charge on any atom is -0.387 e. The van der Waals surface area contributed by atoms with Gasteiger partial charge in [-0.05, 0) is 36.2 Å². The molecular formula is C15H19NOS. The van der Waals surface area contributed by atoms with E-state index in [9.17, 15) is 5.11 Å². The summed E-state index contributed by atoms with van der Waals surface area (Å²) in [4.78, 5) is 0. The van der Waals surface area contributed by atoms with Crippen LogP contribution < -0.4 is 5.32 Å². The Bertz CT molecular complexity index is 514. The third-order valence-corrected chi connectivity index (χ3v) is 4.79. The first kappa shape index (κ1) is 12.2. The maximum atomic E-state index is 10.6. The van der Waals surface area contributed by atoms with Gasteiger partial charge in [0.25, 0.3) is 0 Å². The van der Waals surface area contributed by atoms with E-state index in [1.807, 2.05) is 6.07 Å². The molecule has 0 radical (unpaired) electrons. The van der Waals surface area contributed by atoms with Gasteiger partial charge in [-0.15, -0.1) is 11.3 Å². The molecule has 3 heteroatoms. The molecule has 2 aromatic rings. The lowest BCUT2D eigenvalue weighted by molar-refractivity contribution is 0.128. The second-order valence-corrected chi connectivity index (χ2v) is 5.95. The number of benzene rings is 1. The van der Waals surface area contributed by atoms with Crippen molar-refractivity contribution in [2.75, 3.05) is 6.54 Å². The van der Waals surface area contributed by atoms with Crippen molar-refractivity contribution in [1.29, 1.82) is 0 Å². The molecule has 0 amide bonds. The molecule has 2 N–H and O–H groups in total. The molecule has 1 aromatic carbocycles. The predicted molar refractivity (Wildman–Crippen MR) is 77.0 cm³/mol. The van der Waals surface area contributed by atoms with Gasteiger partial charge in [0, 0.05) is 16.3 Å². The average molecular weight is 261 g/mol. The topological polar surface area (TPSA) is 32.3 Å². The van der Waals surface area contributed by atoms with Gasteiger partial charge in [-0.25, -0.2) is 0 Å². The fraction of sp³-hybridized carbons (Fsp3) is 0.467. The van der Waals surface area contributed by atoms with Crippen molar-refractivity contribution in [3.63, 3.8) is 0 Å². The number of nitrogens with one attached hydrogen (secondary N) is 1. The lowest BCUT2D eigenvalue weighted by atomic mass is 9.98. The van der Waals surface area contributed by atoms with Gasteiger partial charge < -0.3 is 10.4 Å². The van der Waals surface area contributed by atoms with Crippen LogP contribution in [0.4, 0.5) is 0 Å². The first-order chi connectivity index (χ1) is 8.86. The van der Waals surface area contributed by atoms with Crippen LogP contribution in [0.1, 0.15) is 37.4 Å². The van der Waals surface area contributed by atoms with Crippen LogP contribution in [0.5, 0.6) is 0 Å². The summed E-state index contributed by atoms with van der Waals surface area (Å²) >= 11 is 1.72. The minimum atomic E-state index is -0.376. The molecule has 0 spiro atoms. The second-order valence-electron chi connectivity index (χ2n) is 5.04. The van der Waals surface area contributed by atoms with E-state index >= 15 is 0 Å². The van der Waals surface area contributed by atoms with E-state index in [0.717, 1.165) is 18.5 Å². The van der Waals surface area contributed by atoms with Crippen molar-refractivity contribution in [2.45, 2.75) is 37.8 Å². The van der Waals surface area contributed by atoms with E-state index in [4.69, 9.17) is 0 Å². The van der Waals surface area contributed by atoms with Crippen LogP contribution in [0, 0.1) is 0 Å². The molecule has 1 aromatic heterocycles. The number of aliphatic hydroxyl groups excluding tert-OH is 1. The summed E-state index contributed by atoms with van der Waals surface area (Å²) in [5, 5.41) is 17.4. The fourth-order valence-corrected chi connectivity index (χ4v) is 3.76. The summed E-state index contributed by atoms with van der Waals surface area (Å²) in [5.74, 6) is 0. The molecule has 2 nitrogen and oxygen atoms in total. The third-order valence-electron chi connectivity index (χ3n) is 3.81. The van der Waals surface area contributed by atoms with Gasteiger partial charge in [-0.2, -0.15) is 0 Å². The first-order valence-electron chi connectivity index (χ1n) is 6.74.